The minimum absolute atomic E-state index is 0.388. The van der Waals surface area contributed by atoms with Crippen LogP contribution < -0.4 is 4.90 Å². The largest absolute Gasteiger partial charge is 0.373 e. The van der Waals surface area contributed by atoms with Gasteiger partial charge in [-0.2, -0.15) is 5.26 Å². The minimum atomic E-state index is -0.388. The van der Waals surface area contributed by atoms with E-state index < -0.39 is 0 Å². The summed E-state index contributed by atoms with van der Waals surface area (Å²) < 4.78 is 0. The molecule has 0 N–H and O–H groups in total. The first-order valence-corrected chi connectivity index (χ1v) is 5.69. The summed E-state index contributed by atoms with van der Waals surface area (Å²) in [5.41, 5.74) is 0.568. The molecule has 0 aliphatic rings. The SMILES string of the molecule is CN(CC(C)(C)C#N)c1ccc(Cl)c(Cl)c1. The summed E-state index contributed by atoms with van der Waals surface area (Å²) in [6, 6.07) is 7.72. The number of benzene rings is 1. The van der Waals surface area contributed by atoms with Gasteiger partial charge in [-0.05, 0) is 32.0 Å². The summed E-state index contributed by atoms with van der Waals surface area (Å²) in [6.07, 6.45) is 0. The number of hydrogen-bond donors (Lipinski definition) is 0. The molecule has 0 amide bonds. The zero-order valence-electron chi connectivity index (χ0n) is 9.59. The summed E-state index contributed by atoms with van der Waals surface area (Å²) in [4.78, 5) is 1.99. The van der Waals surface area contributed by atoms with Gasteiger partial charge in [-0.25, -0.2) is 0 Å². The van der Waals surface area contributed by atoms with Crippen molar-refractivity contribution in [2.75, 3.05) is 18.5 Å². The fourth-order valence-electron chi connectivity index (χ4n) is 1.44. The molecule has 0 fully saturated rings. The van der Waals surface area contributed by atoms with E-state index in [1.54, 1.807) is 12.1 Å². The van der Waals surface area contributed by atoms with E-state index in [9.17, 15) is 0 Å². The van der Waals surface area contributed by atoms with Gasteiger partial charge in [0.05, 0.1) is 21.5 Å². The van der Waals surface area contributed by atoms with Gasteiger partial charge in [-0.15, -0.1) is 0 Å². The third-order valence-electron chi connectivity index (χ3n) is 2.28. The Labute approximate surface area is 106 Å². The van der Waals surface area contributed by atoms with E-state index in [-0.39, 0.29) is 5.41 Å². The molecule has 2 nitrogen and oxygen atoms in total. The summed E-state index contributed by atoms with van der Waals surface area (Å²) in [6.45, 7) is 4.45. The molecule has 1 aromatic rings. The fourth-order valence-corrected chi connectivity index (χ4v) is 1.73. The van der Waals surface area contributed by atoms with Gasteiger partial charge in [0.25, 0.3) is 0 Å². The average molecular weight is 257 g/mol. The van der Waals surface area contributed by atoms with Crippen LogP contribution in [0.5, 0.6) is 0 Å². The van der Waals surface area contributed by atoms with Gasteiger partial charge in [0.2, 0.25) is 0 Å². The molecule has 0 aliphatic carbocycles. The Bertz CT molecular complexity index is 422. The van der Waals surface area contributed by atoms with Crippen molar-refractivity contribution >= 4 is 28.9 Å². The maximum Gasteiger partial charge on any atom is 0.0702 e. The smallest absolute Gasteiger partial charge is 0.0702 e. The Kier molecular flexibility index (Phi) is 4.07. The van der Waals surface area contributed by atoms with Crippen LogP contribution in [0.4, 0.5) is 5.69 Å². The van der Waals surface area contributed by atoms with Crippen molar-refractivity contribution in [3.05, 3.63) is 28.2 Å². The lowest BCUT2D eigenvalue weighted by molar-refractivity contribution is 0.497. The topological polar surface area (TPSA) is 27.0 Å². The van der Waals surface area contributed by atoms with Crippen LogP contribution in [0.2, 0.25) is 10.0 Å². The fraction of sp³-hybridized carbons (Fsp3) is 0.417. The lowest BCUT2D eigenvalue weighted by Crippen LogP contribution is -2.30. The molecule has 0 aromatic heterocycles. The predicted molar refractivity (Wildman–Crippen MR) is 69.1 cm³/mol. The molecular weight excluding hydrogens is 243 g/mol. The number of nitriles is 1. The molecule has 16 heavy (non-hydrogen) atoms. The van der Waals surface area contributed by atoms with E-state index in [4.69, 9.17) is 28.5 Å². The van der Waals surface area contributed by atoms with E-state index in [0.717, 1.165) is 5.69 Å². The van der Waals surface area contributed by atoms with Crippen molar-refractivity contribution in [2.24, 2.45) is 5.41 Å². The molecule has 0 aliphatic heterocycles. The van der Waals surface area contributed by atoms with Crippen LogP contribution in [0.15, 0.2) is 18.2 Å². The van der Waals surface area contributed by atoms with Crippen LogP contribution in [-0.2, 0) is 0 Å². The molecule has 0 heterocycles. The van der Waals surface area contributed by atoms with Crippen LogP contribution >= 0.6 is 23.2 Å². The molecule has 1 aromatic carbocycles. The zero-order valence-corrected chi connectivity index (χ0v) is 11.1. The van der Waals surface area contributed by atoms with Gasteiger partial charge in [0.1, 0.15) is 0 Å². The maximum absolute atomic E-state index is 8.96. The van der Waals surface area contributed by atoms with Crippen molar-refractivity contribution in [1.82, 2.24) is 0 Å². The molecule has 0 atom stereocenters. The van der Waals surface area contributed by atoms with Crippen LogP contribution in [0.3, 0.4) is 0 Å². The van der Waals surface area contributed by atoms with E-state index in [1.807, 2.05) is 31.9 Å². The molecule has 0 saturated heterocycles. The van der Waals surface area contributed by atoms with Gasteiger partial charge in [-0.1, -0.05) is 23.2 Å². The third-order valence-corrected chi connectivity index (χ3v) is 3.02. The second-order valence-corrected chi connectivity index (χ2v) is 5.26. The highest BCUT2D eigenvalue weighted by Crippen LogP contribution is 2.28. The number of rotatable bonds is 3. The van der Waals surface area contributed by atoms with E-state index in [1.165, 1.54) is 0 Å². The van der Waals surface area contributed by atoms with Gasteiger partial charge >= 0.3 is 0 Å². The Morgan fingerprint density at radius 2 is 1.94 bits per heavy atom. The normalized spacial score (nSPS) is 11.0. The Morgan fingerprint density at radius 3 is 2.44 bits per heavy atom. The lowest BCUT2D eigenvalue weighted by Gasteiger charge is -2.26. The molecule has 0 unspecified atom stereocenters. The van der Waals surface area contributed by atoms with Gasteiger partial charge in [-0.3, -0.25) is 0 Å². The number of anilines is 1. The molecule has 0 saturated carbocycles. The van der Waals surface area contributed by atoms with E-state index in [0.29, 0.717) is 16.6 Å². The molecule has 0 bridgehead atoms. The highest BCUT2D eigenvalue weighted by atomic mass is 35.5. The van der Waals surface area contributed by atoms with Gasteiger partial charge in [0, 0.05) is 19.3 Å². The first kappa shape index (κ1) is 13.2. The van der Waals surface area contributed by atoms with Gasteiger partial charge in [0.15, 0.2) is 0 Å². The zero-order chi connectivity index (χ0) is 12.3. The number of nitrogens with zero attached hydrogens (tertiary/aromatic N) is 2. The van der Waals surface area contributed by atoms with Crippen LogP contribution in [0.25, 0.3) is 0 Å². The molecule has 1 rings (SSSR count). The molecular formula is C12H14Cl2N2. The van der Waals surface area contributed by atoms with Crippen molar-refractivity contribution in [3.8, 4) is 6.07 Å². The van der Waals surface area contributed by atoms with Gasteiger partial charge < -0.3 is 4.90 Å². The Hall–Kier alpha value is -0.910. The monoisotopic (exact) mass is 256 g/mol. The first-order valence-electron chi connectivity index (χ1n) is 4.93. The molecule has 86 valence electrons. The van der Waals surface area contributed by atoms with E-state index >= 15 is 0 Å². The summed E-state index contributed by atoms with van der Waals surface area (Å²) in [5.74, 6) is 0. The number of hydrogen-bond acceptors (Lipinski definition) is 2. The Morgan fingerprint density at radius 1 is 1.31 bits per heavy atom. The lowest BCUT2D eigenvalue weighted by atomic mass is 9.95. The summed E-state index contributed by atoms with van der Waals surface area (Å²) in [7, 11) is 1.93. The molecule has 0 spiro atoms. The standard InChI is InChI=1S/C12H14Cl2N2/c1-12(2,7-15)8-16(3)9-4-5-10(13)11(14)6-9/h4-6H,8H2,1-3H3. The van der Waals surface area contributed by atoms with Crippen LogP contribution in [0.1, 0.15) is 13.8 Å². The van der Waals surface area contributed by atoms with Crippen LogP contribution in [-0.4, -0.2) is 13.6 Å². The Balaban J connectivity index is 2.86. The third kappa shape index (κ3) is 3.30. The van der Waals surface area contributed by atoms with E-state index in [2.05, 4.69) is 6.07 Å². The van der Waals surface area contributed by atoms with Crippen molar-refractivity contribution in [1.29, 1.82) is 5.26 Å². The van der Waals surface area contributed by atoms with Crippen molar-refractivity contribution in [3.63, 3.8) is 0 Å². The second-order valence-electron chi connectivity index (χ2n) is 4.45. The quantitative estimate of drug-likeness (QED) is 0.818. The van der Waals surface area contributed by atoms with Crippen LogP contribution in [0, 0.1) is 16.7 Å². The predicted octanol–water partition coefficient (Wildman–Crippen LogP) is 3.98. The highest BCUT2D eigenvalue weighted by molar-refractivity contribution is 6.42. The minimum Gasteiger partial charge on any atom is -0.373 e. The highest BCUT2D eigenvalue weighted by Gasteiger charge is 2.19. The van der Waals surface area contributed by atoms with Crippen molar-refractivity contribution < 1.29 is 0 Å². The summed E-state index contributed by atoms with van der Waals surface area (Å²) in [5, 5.41) is 10.0. The maximum atomic E-state index is 8.96. The van der Waals surface area contributed by atoms with Crippen molar-refractivity contribution in [2.45, 2.75) is 13.8 Å². The number of halogens is 2. The molecule has 0 radical (unpaired) electrons. The molecule has 4 heteroatoms. The first-order chi connectivity index (χ1) is 7.35. The average Bonchev–Trinajstić information content (AvgIpc) is 2.21. The summed E-state index contributed by atoms with van der Waals surface area (Å²) >= 11 is 11.8. The second kappa shape index (κ2) is 4.95.